The number of benzene rings is 1. The molecule has 24 heavy (non-hydrogen) atoms. The summed E-state index contributed by atoms with van der Waals surface area (Å²) in [5.41, 5.74) is 0.0356. The highest BCUT2D eigenvalue weighted by Gasteiger charge is 2.45. The van der Waals surface area contributed by atoms with E-state index < -0.39 is 11.4 Å². The van der Waals surface area contributed by atoms with Crippen molar-refractivity contribution < 1.29 is 14.3 Å². The summed E-state index contributed by atoms with van der Waals surface area (Å²) in [6.07, 6.45) is 3.01. The lowest BCUT2D eigenvalue weighted by Gasteiger charge is -2.45. The number of carbonyl (C=O) groups excluding carboxylic acids is 1. The highest BCUT2D eigenvalue weighted by Crippen LogP contribution is 2.40. The van der Waals surface area contributed by atoms with Crippen LogP contribution >= 0.6 is 11.8 Å². The van der Waals surface area contributed by atoms with Crippen LogP contribution in [0.4, 0.5) is 4.39 Å². The van der Waals surface area contributed by atoms with Gasteiger partial charge in [0, 0.05) is 17.4 Å². The van der Waals surface area contributed by atoms with Crippen LogP contribution in [0.15, 0.2) is 30.5 Å². The molecule has 1 aliphatic rings. The third kappa shape index (κ3) is 3.18. The number of carbonyl (C=O) groups is 1. The van der Waals surface area contributed by atoms with Gasteiger partial charge in [-0.05, 0) is 30.7 Å². The number of thioether (sulfide) groups is 1. The third-order valence-electron chi connectivity index (χ3n) is 4.39. The number of aromatic amines is 1. The van der Waals surface area contributed by atoms with Gasteiger partial charge in [0.05, 0.1) is 23.1 Å². The standard InChI is InChI=1S/C17H20FN3O2S/c1-2-24-14-7-8-17(14,23)10-19-16(22)12-9-20-21-15(12)11-5-3-4-6-13(11)18/h3-6,9,14,23H,2,7-8,10H2,1H3,(H,19,22)(H,20,21)/t14-,17+/m1/s1. The van der Waals surface area contributed by atoms with Crippen molar-refractivity contribution in [2.75, 3.05) is 12.3 Å². The molecule has 2 aromatic rings. The molecule has 1 aromatic carbocycles. The van der Waals surface area contributed by atoms with Gasteiger partial charge in [-0.3, -0.25) is 9.89 Å². The first kappa shape index (κ1) is 17.0. The first-order chi connectivity index (χ1) is 11.5. The number of rotatable bonds is 6. The molecule has 0 radical (unpaired) electrons. The number of nitrogens with one attached hydrogen (secondary N) is 2. The molecule has 3 N–H and O–H groups in total. The Morgan fingerprint density at radius 2 is 2.33 bits per heavy atom. The molecule has 0 spiro atoms. The van der Waals surface area contributed by atoms with E-state index in [0.29, 0.717) is 17.7 Å². The first-order valence-corrected chi connectivity index (χ1v) is 9.00. The van der Waals surface area contributed by atoms with E-state index in [-0.39, 0.29) is 23.3 Å². The van der Waals surface area contributed by atoms with Crippen molar-refractivity contribution in [3.8, 4) is 11.3 Å². The van der Waals surface area contributed by atoms with Crippen LogP contribution in [0, 0.1) is 5.82 Å². The van der Waals surface area contributed by atoms with Crippen molar-refractivity contribution in [2.45, 2.75) is 30.6 Å². The highest BCUT2D eigenvalue weighted by molar-refractivity contribution is 8.00. The number of halogens is 1. The van der Waals surface area contributed by atoms with Crippen LogP contribution in [-0.4, -0.2) is 44.4 Å². The predicted octanol–water partition coefficient (Wildman–Crippen LogP) is 2.59. The molecule has 1 fully saturated rings. The molecule has 0 bridgehead atoms. The molecule has 5 nitrogen and oxygen atoms in total. The van der Waals surface area contributed by atoms with Crippen LogP contribution in [0.5, 0.6) is 0 Å². The van der Waals surface area contributed by atoms with Crippen molar-refractivity contribution in [1.29, 1.82) is 0 Å². The van der Waals surface area contributed by atoms with E-state index in [1.807, 2.05) is 6.92 Å². The maximum atomic E-state index is 13.9. The molecule has 3 rings (SSSR count). The van der Waals surface area contributed by atoms with Crippen LogP contribution < -0.4 is 5.32 Å². The summed E-state index contributed by atoms with van der Waals surface area (Å²) in [4.78, 5) is 12.5. The van der Waals surface area contributed by atoms with E-state index in [0.717, 1.165) is 12.2 Å². The molecule has 0 aliphatic heterocycles. The number of amides is 1. The lowest BCUT2D eigenvalue weighted by atomic mass is 9.79. The van der Waals surface area contributed by atoms with Crippen molar-refractivity contribution in [3.05, 3.63) is 41.8 Å². The van der Waals surface area contributed by atoms with Crippen LogP contribution in [0.1, 0.15) is 30.1 Å². The zero-order chi connectivity index (χ0) is 17.2. The lowest BCUT2D eigenvalue weighted by molar-refractivity contribution is -0.0221. The molecular weight excluding hydrogens is 329 g/mol. The fourth-order valence-electron chi connectivity index (χ4n) is 2.89. The van der Waals surface area contributed by atoms with Crippen LogP contribution in [0.3, 0.4) is 0 Å². The summed E-state index contributed by atoms with van der Waals surface area (Å²) in [7, 11) is 0. The minimum atomic E-state index is -0.863. The van der Waals surface area contributed by atoms with Gasteiger partial charge in [0.1, 0.15) is 5.82 Å². The molecular formula is C17H20FN3O2S. The van der Waals surface area contributed by atoms with Crippen molar-refractivity contribution in [3.63, 3.8) is 0 Å². The summed E-state index contributed by atoms with van der Waals surface area (Å²) in [5, 5.41) is 20.0. The number of H-pyrrole nitrogens is 1. The zero-order valence-electron chi connectivity index (χ0n) is 13.4. The largest absolute Gasteiger partial charge is 0.387 e. The van der Waals surface area contributed by atoms with Crippen LogP contribution in [0.2, 0.25) is 0 Å². The van der Waals surface area contributed by atoms with Crippen molar-refractivity contribution >= 4 is 17.7 Å². The fraction of sp³-hybridized carbons (Fsp3) is 0.412. The molecule has 1 aromatic heterocycles. The first-order valence-electron chi connectivity index (χ1n) is 7.95. The minimum absolute atomic E-state index is 0.151. The number of aliphatic hydroxyl groups is 1. The Kier molecular flexibility index (Phi) is 4.91. The Labute approximate surface area is 144 Å². The normalized spacial score (nSPS) is 22.9. The van der Waals surface area contributed by atoms with E-state index in [9.17, 15) is 14.3 Å². The molecule has 1 heterocycles. The SMILES string of the molecule is CCS[C@@H]1CC[C@]1(O)CNC(=O)c1cn[nH]c1-c1ccccc1F. The summed E-state index contributed by atoms with van der Waals surface area (Å²) in [6.45, 7) is 2.24. The maximum absolute atomic E-state index is 13.9. The van der Waals surface area contributed by atoms with Crippen LogP contribution in [-0.2, 0) is 0 Å². The lowest BCUT2D eigenvalue weighted by Crippen LogP contribution is -2.57. The molecule has 2 atom stereocenters. The van der Waals surface area contributed by atoms with Gasteiger partial charge in [0.25, 0.3) is 5.91 Å². The minimum Gasteiger partial charge on any atom is -0.387 e. The fourth-order valence-corrected chi connectivity index (χ4v) is 4.09. The Bertz CT molecular complexity index is 736. The molecule has 1 aliphatic carbocycles. The van der Waals surface area contributed by atoms with E-state index >= 15 is 0 Å². The topological polar surface area (TPSA) is 78.0 Å². The summed E-state index contributed by atoms with van der Waals surface area (Å²) in [5.74, 6) is 0.135. The van der Waals surface area contributed by atoms with E-state index in [2.05, 4.69) is 15.5 Å². The second kappa shape index (κ2) is 6.94. The average molecular weight is 349 g/mol. The highest BCUT2D eigenvalue weighted by atomic mass is 32.2. The quantitative estimate of drug-likeness (QED) is 0.749. The van der Waals surface area contributed by atoms with E-state index in [4.69, 9.17) is 0 Å². The van der Waals surface area contributed by atoms with Gasteiger partial charge in [-0.25, -0.2) is 4.39 Å². The summed E-state index contributed by atoms with van der Waals surface area (Å²) < 4.78 is 13.9. The third-order valence-corrected chi connectivity index (χ3v) is 5.80. The molecule has 0 unspecified atom stereocenters. The smallest absolute Gasteiger partial charge is 0.255 e. The Morgan fingerprint density at radius 1 is 1.54 bits per heavy atom. The Balaban J connectivity index is 1.71. The number of hydrogen-bond acceptors (Lipinski definition) is 4. The molecule has 1 amide bonds. The molecule has 0 saturated heterocycles. The van der Waals surface area contributed by atoms with Crippen LogP contribution in [0.25, 0.3) is 11.3 Å². The molecule has 7 heteroatoms. The number of aromatic nitrogens is 2. The van der Waals surface area contributed by atoms with Crippen molar-refractivity contribution in [2.24, 2.45) is 0 Å². The molecule has 1 saturated carbocycles. The van der Waals surface area contributed by atoms with Crippen molar-refractivity contribution in [1.82, 2.24) is 15.5 Å². The second-order valence-corrected chi connectivity index (χ2v) is 7.39. The van der Waals surface area contributed by atoms with Gasteiger partial charge in [0.15, 0.2) is 0 Å². The van der Waals surface area contributed by atoms with Gasteiger partial charge >= 0.3 is 0 Å². The van der Waals surface area contributed by atoms with E-state index in [1.54, 1.807) is 30.0 Å². The number of hydrogen-bond donors (Lipinski definition) is 3. The maximum Gasteiger partial charge on any atom is 0.255 e. The number of nitrogens with zero attached hydrogens (tertiary/aromatic N) is 1. The Hall–Kier alpha value is -1.86. The van der Waals surface area contributed by atoms with Gasteiger partial charge in [-0.15, -0.1) is 0 Å². The second-order valence-electron chi connectivity index (χ2n) is 5.91. The predicted molar refractivity (Wildman–Crippen MR) is 92.4 cm³/mol. The van der Waals surface area contributed by atoms with Gasteiger partial charge in [0.2, 0.25) is 0 Å². The molecule has 128 valence electrons. The van der Waals surface area contributed by atoms with Gasteiger partial charge < -0.3 is 10.4 Å². The Morgan fingerprint density at radius 3 is 3.00 bits per heavy atom. The van der Waals surface area contributed by atoms with Gasteiger partial charge in [-0.2, -0.15) is 16.9 Å². The monoisotopic (exact) mass is 349 g/mol. The van der Waals surface area contributed by atoms with Gasteiger partial charge in [-0.1, -0.05) is 19.1 Å². The zero-order valence-corrected chi connectivity index (χ0v) is 14.2. The van der Waals surface area contributed by atoms with E-state index in [1.165, 1.54) is 12.3 Å². The summed E-state index contributed by atoms with van der Waals surface area (Å²) in [6, 6.07) is 6.21. The summed E-state index contributed by atoms with van der Waals surface area (Å²) >= 11 is 1.71. The average Bonchev–Trinajstić information content (AvgIpc) is 3.06.